The SMILES string of the molecule is CCCOc1c(Br)cc(/C=C2/N=C(c3ccccc3C)OC2=O)cc1OCC. The van der Waals surface area contributed by atoms with Gasteiger partial charge in [-0.1, -0.05) is 25.1 Å². The topological polar surface area (TPSA) is 57.1 Å². The maximum Gasteiger partial charge on any atom is 0.363 e. The molecule has 0 saturated heterocycles. The maximum atomic E-state index is 12.3. The van der Waals surface area contributed by atoms with Crippen LogP contribution in [0.2, 0.25) is 0 Å². The summed E-state index contributed by atoms with van der Waals surface area (Å²) in [5, 5.41) is 0. The molecule has 0 saturated carbocycles. The maximum absolute atomic E-state index is 12.3. The number of rotatable bonds is 7. The van der Waals surface area contributed by atoms with Crippen molar-refractivity contribution in [3.05, 3.63) is 63.3 Å². The highest BCUT2D eigenvalue weighted by Gasteiger charge is 2.25. The van der Waals surface area contributed by atoms with Crippen LogP contribution in [0.1, 0.15) is 37.0 Å². The predicted octanol–water partition coefficient (Wildman–Crippen LogP) is 5.29. The van der Waals surface area contributed by atoms with Gasteiger partial charge in [0.1, 0.15) is 0 Å². The third-order valence-electron chi connectivity index (χ3n) is 4.08. The van der Waals surface area contributed by atoms with E-state index in [1.807, 2.05) is 57.2 Å². The minimum atomic E-state index is -0.473. The Balaban J connectivity index is 1.96. The van der Waals surface area contributed by atoms with Gasteiger partial charge in [-0.05, 0) is 71.6 Å². The standard InChI is InChI=1S/C22H22BrNO4/c1-4-10-27-20-17(23)11-15(13-19(20)26-5-2)12-18-22(25)28-21(24-18)16-9-7-6-8-14(16)3/h6-9,11-13H,4-5,10H2,1-3H3/b18-12+. The molecule has 0 N–H and O–H groups in total. The number of carbonyl (C=O) groups excluding carboxylic acids is 1. The first-order valence-electron chi connectivity index (χ1n) is 9.21. The summed E-state index contributed by atoms with van der Waals surface area (Å²) in [5.41, 5.74) is 2.81. The van der Waals surface area contributed by atoms with Crippen LogP contribution in [0.5, 0.6) is 11.5 Å². The molecule has 0 unspecified atom stereocenters. The Hall–Kier alpha value is -2.60. The lowest BCUT2D eigenvalue weighted by molar-refractivity contribution is -0.129. The first-order valence-corrected chi connectivity index (χ1v) is 10.0. The normalized spacial score (nSPS) is 14.8. The van der Waals surface area contributed by atoms with Gasteiger partial charge in [-0.25, -0.2) is 9.79 Å². The molecule has 5 nitrogen and oxygen atoms in total. The summed E-state index contributed by atoms with van der Waals surface area (Å²) in [6.45, 7) is 7.01. The number of aliphatic imine (C=N–C) groups is 1. The number of aryl methyl sites for hydroxylation is 1. The van der Waals surface area contributed by atoms with Gasteiger partial charge in [0.05, 0.1) is 17.7 Å². The van der Waals surface area contributed by atoms with Crippen molar-refractivity contribution in [1.82, 2.24) is 0 Å². The average Bonchev–Trinajstić information content (AvgIpc) is 3.02. The molecule has 146 valence electrons. The zero-order valence-corrected chi connectivity index (χ0v) is 17.7. The Kier molecular flexibility index (Phi) is 6.52. The van der Waals surface area contributed by atoms with Crippen LogP contribution >= 0.6 is 15.9 Å². The van der Waals surface area contributed by atoms with Gasteiger partial charge in [-0.3, -0.25) is 0 Å². The number of nitrogens with zero attached hydrogens (tertiary/aromatic N) is 1. The fourth-order valence-corrected chi connectivity index (χ4v) is 3.35. The zero-order valence-electron chi connectivity index (χ0n) is 16.1. The van der Waals surface area contributed by atoms with E-state index >= 15 is 0 Å². The van der Waals surface area contributed by atoms with Crippen molar-refractivity contribution in [1.29, 1.82) is 0 Å². The van der Waals surface area contributed by atoms with Crippen LogP contribution in [0, 0.1) is 6.92 Å². The van der Waals surface area contributed by atoms with Gasteiger partial charge in [0.15, 0.2) is 17.2 Å². The lowest BCUT2D eigenvalue weighted by atomic mass is 10.1. The minimum absolute atomic E-state index is 0.245. The van der Waals surface area contributed by atoms with Crippen LogP contribution in [0.4, 0.5) is 0 Å². The van der Waals surface area contributed by atoms with E-state index in [4.69, 9.17) is 14.2 Å². The van der Waals surface area contributed by atoms with Gasteiger partial charge in [0.2, 0.25) is 5.90 Å². The number of hydrogen-bond donors (Lipinski definition) is 0. The fourth-order valence-electron chi connectivity index (χ4n) is 2.77. The largest absolute Gasteiger partial charge is 0.490 e. The highest BCUT2D eigenvalue weighted by atomic mass is 79.9. The number of cyclic esters (lactones) is 1. The molecule has 0 radical (unpaired) electrons. The Morgan fingerprint density at radius 2 is 1.96 bits per heavy atom. The van der Waals surface area contributed by atoms with E-state index in [9.17, 15) is 4.79 Å². The molecule has 0 bridgehead atoms. The lowest BCUT2D eigenvalue weighted by Crippen LogP contribution is -2.06. The fraction of sp³-hybridized carbons (Fsp3) is 0.273. The van der Waals surface area contributed by atoms with Crippen molar-refractivity contribution in [3.8, 4) is 11.5 Å². The van der Waals surface area contributed by atoms with Crippen LogP contribution in [-0.4, -0.2) is 25.1 Å². The quantitative estimate of drug-likeness (QED) is 0.430. The Labute approximate surface area is 173 Å². The van der Waals surface area contributed by atoms with Crippen molar-refractivity contribution in [2.24, 2.45) is 4.99 Å². The van der Waals surface area contributed by atoms with Crippen LogP contribution < -0.4 is 9.47 Å². The number of hydrogen-bond acceptors (Lipinski definition) is 5. The van der Waals surface area contributed by atoms with Crippen LogP contribution in [0.25, 0.3) is 6.08 Å². The van der Waals surface area contributed by atoms with Crippen LogP contribution in [-0.2, 0) is 9.53 Å². The van der Waals surface area contributed by atoms with Gasteiger partial charge in [-0.15, -0.1) is 0 Å². The Morgan fingerprint density at radius 3 is 2.68 bits per heavy atom. The number of ether oxygens (including phenoxy) is 3. The van der Waals surface area contributed by atoms with Crippen molar-refractivity contribution in [2.45, 2.75) is 27.2 Å². The molecule has 2 aromatic carbocycles. The monoisotopic (exact) mass is 443 g/mol. The summed E-state index contributed by atoms with van der Waals surface area (Å²) in [4.78, 5) is 16.7. The molecule has 1 aliphatic rings. The van der Waals surface area contributed by atoms with Gasteiger partial charge < -0.3 is 14.2 Å². The number of esters is 1. The average molecular weight is 444 g/mol. The Bertz CT molecular complexity index is 950. The van der Waals surface area contributed by atoms with Crippen molar-refractivity contribution >= 4 is 33.9 Å². The second kappa shape index (κ2) is 9.06. The molecule has 6 heteroatoms. The molecule has 28 heavy (non-hydrogen) atoms. The minimum Gasteiger partial charge on any atom is -0.490 e. The molecule has 0 atom stereocenters. The molecule has 3 rings (SSSR count). The summed E-state index contributed by atoms with van der Waals surface area (Å²) in [6.07, 6.45) is 2.58. The second-order valence-corrected chi connectivity index (χ2v) is 7.12. The van der Waals surface area contributed by atoms with E-state index in [0.717, 1.165) is 27.6 Å². The highest BCUT2D eigenvalue weighted by Crippen LogP contribution is 2.38. The predicted molar refractivity (Wildman–Crippen MR) is 113 cm³/mol. The summed E-state index contributed by atoms with van der Waals surface area (Å²) < 4.78 is 17.6. The molecule has 1 aliphatic heterocycles. The molecular formula is C22H22BrNO4. The van der Waals surface area contributed by atoms with E-state index in [1.165, 1.54) is 0 Å². The lowest BCUT2D eigenvalue weighted by Gasteiger charge is -2.14. The van der Waals surface area contributed by atoms with E-state index in [0.29, 0.717) is 30.6 Å². The first kappa shape index (κ1) is 20.1. The van der Waals surface area contributed by atoms with E-state index < -0.39 is 5.97 Å². The van der Waals surface area contributed by atoms with Crippen molar-refractivity contribution in [3.63, 3.8) is 0 Å². The smallest absolute Gasteiger partial charge is 0.363 e. The second-order valence-electron chi connectivity index (χ2n) is 6.26. The van der Waals surface area contributed by atoms with E-state index in [1.54, 1.807) is 6.08 Å². The third kappa shape index (κ3) is 4.44. The summed E-state index contributed by atoms with van der Waals surface area (Å²) in [7, 11) is 0. The summed E-state index contributed by atoms with van der Waals surface area (Å²) in [6, 6.07) is 11.4. The first-order chi connectivity index (χ1) is 13.5. The zero-order chi connectivity index (χ0) is 20.1. The summed E-state index contributed by atoms with van der Waals surface area (Å²) >= 11 is 3.53. The molecule has 0 aliphatic carbocycles. The molecule has 0 fully saturated rings. The molecule has 2 aromatic rings. The van der Waals surface area contributed by atoms with Gasteiger partial charge in [0, 0.05) is 5.56 Å². The Morgan fingerprint density at radius 1 is 1.18 bits per heavy atom. The molecule has 0 aromatic heterocycles. The molecule has 0 amide bonds. The molecular weight excluding hydrogens is 422 g/mol. The molecule has 1 heterocycles. The van der Waals surface area contributed by atoms with Crippen LogP contribution in [0.3, 0.4) is 0 Å². The van der Waals surface area contributed by atoms with Gasteiger partial charge in [-0.2, -0.15) is 0 Å². The van der Waals surface area contributed by atoms with Crippen LogP contribution in [0.15, 0.2) is 51.6 Å². The highest BCUT2D eigenvalue weighted by molar-refractivity contribution is 9.10. The van der Waals surface area contributed by atoms with Crippen molar-refractivity contribution in [2.75, 3.05) is 13.2 Å². The number of benzene rings is 2. The van der Waals surface area contributed by atoms with E-state index in [2.05, 4.69) is 20.9 Å². The number of carbonyl (C=O) groups is 1. The van der Waals surface area contributed by atoms with Crippen molar-refractivity contribution < 1.29 is 19.0 Å². The van der Waals surface area contributed by atoms with Gasteiger partial charge >= 0.3 is 5.97 Å². The molecule has 0 spiro atoms. The number of halogens is 1. The van der Waals surface area contributed by atoms with Gasteiger partial charge in [0.25, 0.3) is 0 Å². The van der Waals surface area contributed by atoms with E-state index in [-0.39, 0.29) is 5.70 Å². The third-order valence-corrected chi connectivity index (χ3v) is 4.67. The summed E-state index contributed by atoms with van der Waals surface area (Å²) in [5.74, 6) is 1.12.